The van der Waals surface area contributed by atoms with Crippen molar-refractivity contribution < 1.29 is 14.3 Å². The van der Waals surface area contributed by atoms with E-state index in [1.165, 1.54) is 0 Å². The van der Waals surface area contributed by atoms with Crippen LogP contribution in [0.2, 0.25) is 0 Å². The number of aromatic nitrogens is 2. The summed E-state index contributed by atoms with van der Waals surface area (Å²) in [6.07, 6.45) is 2.72. The molecule has 2 aromatic carbocycles. The molecule has 4 rings (SSSR count). The number of nitrogens with one attached hydrogen (secondary N) is 2. The standard InChI is InChI=1S/C27H31N5O3/c1-18(2)17-35-14-6-13-28-26(34)19-9-11-21(12-10-19)30-27-29-16-20-15-24(33)32(3)23-8-5-4-7-22(23)25(20)31-27/h4-5,7-12,16,18H,6,13-15,17H2,1-3H3,(H,28,34)(H,29,30,31). The molecule has 0 radical (unpaired) electrons. The Bertz CT molecular complexity index is 1190. The molecular weight excluding hydrogens is 442 g/mol. The second-order valence-electron chi connectivity index (χ2n) is 8.99. The van der Waals surface area contributed by atoms with Crippen LogP contribution in [0.5, 0.6) is 0 Å². The molecule has 0 saturated carbocycles. The van der Waals surface area contributed by atoms with Gasteiger partial charge < -0.3 is 20.3 Å². The molecule has 0 saturated heterocycles. The molecule has 35 heavy (non-hydrogen) atoms. The zero-order valence-corrected chi connectivity index (χ0v) is 20.4. The number of hydrogen-bond acceptors (Lipinski definition) is 6. The Labute approximate surface area is 205 Å². The molecule has 8 heteroatoms. The topological polar surface area (TPSA) is 96.4 Å². The Balaban J connectivity index is 1.40. The van der Waals surface area contributed by atoms with Gasteiger partial charge >= 0.3 is 0 Å². The first-order valence-electron chi connectivity index (χ1n) is 11.9. The van der Waals surface area contributed by atoms with Gasteiger partial charge in [-0.2, -0.15) is 0 Å². The number of hydrogen-bond donors (Lipinski definition) is 2. The molecule has 1 aliphatic heterocycles. The molecular formula is C27H31N5O3. The first-order chi connectivity index (χ1) is 16.9. The number of nitrogens with zero attached hydrogens (tertiary/aromatic N) is 3. The molecule has 0 unspecified atom stereocenters. The number of benzene rings is 2. The fourth-order valence-electron chi connectivity index (χ4n) is 3.84. The van der Waals surface area contributed by atoms with E-state index in [-0.39, 0.29) is 18.2 Å². The summed E-state index contributed by atoms with van der Waals surface area (Å²) < 4.78 is 5.54. The molecule has 0 fully saturated rings. The summed E-state index contributed by atoms with van der Waals surface area (Å²) in [5.41, 5.74) is 4.59. The van der Waals surface area contributed by atoms with Gasteiger partial charge in [0, 0.05) is 55.4 Å². The maximum absolute atomic E-state index is 12.6. The van der Waals surface area contributed by atoms with Gasteiger partial charge in [-0.1, -0.05) is 32.0 Å². The first-order valence-corrected chi connectivity index (χ1v) is 11.9. The number of para-hydroxylation sites is 1. The van der Waals surface area contributed by atoms with Crippen molar-refractivity contribution in [2.75, 3.05) is 37.0 Å². The van der Waals surface area contributed by atoms with Crippen molar-refractivity contribution in [3.63, 3.8) is 0 Å². The summed E-state index contributed by atoms with van der Waals surface area (Å²) in [7, 11) is 1.78. The van der Waals surface area contributed by atoms with Crippen molar-refractivity contribution >= 4 is 29.1 Å². The highest BCUT2D eigenvalue weighted by Crippen LogP contribution is 2.35. The van der Waals surface area contributed by atoms with Crippen LogP contribution in [0.1, 0.15) is 36.2 Å². The minimum Gasteiger partial charge on any atom is -0.381 e. The van der Waals surface area contributed by atoms with Crippen molar-refractivity contribution in [1.82, 2.24) is 15.3 Å². The van der Waals surface area contributed by atoms with E-state index in [1.807, 2.05) is 36.4 Å². The van der Waals surface area contributed by atoms with Crippen molar-refractivity contribution in [1.29, 1.82) is 0 Å². The van der Waals surface area contributed by atoms with Gasteiger partial charge in [0.2, 0.25) is 11.9 Å². The summed E-state index contributed by atoms with van der Waals surface area (Å²) in [6, 6.07) is 14.9. The Morgan fingerprint density at radius 3 is 2.69 bits per heavy atom. The van der Waals surface area contributed by atoms with Crippen molar-refractivity contribution in [2.24, 2.45) is 5.92 Å². The smallest absolute Gasteiger partial charge is 0.251 e. The van der Waals surface area contributed by atoms with Crippen LogP contribution >= 0.6 is 0 Å². The van der Waals surface area contributed by atoms with Crippen LogP contribution in [0.3, 0.4) is 0 Å². The average Bonchev–Trinajstić information content (AvgIpc) is 2.96. The molecule has 1 aliphatic rings. The fraction of sp³-hybridized carbons (Fsp3) is 0.333. The lowest BCUT2D eigenvalue weighted by Crippen LogP contribution is -2.26. The van der Waals surface area contributed by atoms with E-state index in [0.29, 0.717) is 30.6 Å². The fourth-order valence-corrected chi connectivity index (χ4v) is 3.84. The van der Waals surface area contributed by atoms with Crippen LogP contribution in [-0.4, -0.2) is 48.6 Å². The van der Waals surface area contributed by atoms with E-state index >= 15 is 0 Å². The molecule has 8 nitrogen and oxygen atoms in total. The maximum Gasteiger partial charge on any atom is 0.251 e. The lowest BCUT2D eigenvalue weighted by atomic mass is 10.1. The van der Waals surface area contributed by atoms with Gasteiger partial charge in [-0.05, 0) is 42.7 Å². The van der Waals surface area contributed by atoms with E-state index in [2.05, 4.69) is 29.5 Å². The highest BCUT2D eigenvalue weighted by atomic mass is 16.5. The minimum atomic E-state index is -0.118. The molecule has 0 spiro atoms. The van der Waals surface area contributed by atoms with Crippen molar-refractivity contribution in [2.45, 2.75) is 26.7 Å². The molecule has 0 bridgehead atoms. The third-order valence-corrected chi connectivity index (χ3v) is 5.71. The third kappa shape index (κ3) is 6.02. The number of likely N-dealkylation sites (N-methyl/N-ethyl adjacent to an activating group) is 1. The minimum absolute atomic E-state index is 0.00235. The van der Waals surface area contributed by atoms with Crippen LogP contribution in [0.25, 0.3) is 11.3 Å². The number of fused-ring (bicyclic) bond motifs is 3. The van der Waals surface area contributed by atoms with Gasteiger partial charge in [0.15, 0.2) is 0 Å². The van der Waals surface area contributed by atoms with Gasteiger partial charge in [0.05, 0.1) is 17.8 Å². The largest absolute Gasteiger partial charge is 0.381 e. The quantitative estimate of drug-likeness (QED) is 0.452. The zero-order chi connectivity index (χ0) is 24.8. The van der Waals surface area contributed by atoms with E-state index in [1.54, 1.807) is 30.3 Å². The lowest BCUT2D eigenvalue weighted by molar-refractivity contribution is -0.117. The predicted octanol–water partition coefficient (Wildman–Crippen LogP) is 4.20. The highest BCUT2D eigenvalue weighted by molar-refractivity contribution is 6.01. The summed E-state index contributed by atoms with van der Waals surface area (Å²) in [4.78, 5) is 35.7. The van der Waals surface area contributed by atoms with E-state index in [0.717, 1.165) is 41.2 Å². The monoisotopic (exact) mass is 473 g/mol. The highest BCUT2D eigenvalue weighted by Gasteiger charge is 2.24. The number of anilines is 3. The summed E-state index contributed by atoms with van der Waals surface area (Å²) in [6.45, 7) is 6.16. The van der Waals surface area contributed by atoms with Crippen LogP contribution in [0.15, 0.2) is 54.7 Å². The third-order valence-electron chi connectivity index (χ3n) is 5.71. The molecule has 2 N–H and O–H groups in total. The Kier molecular flexibility index (Phi) is 7.72. The molecule has 1 aromatic heterocycles. The van der Waals surface area contributed by atoms with E-state index in [9.17, 15) is 9.59 Å². The molecule has 0 atom stereocenters. The van der Waals surface area contributed by atoms with Crippen LogP contribution < -0.4 is 15.5 Å². The van der Waals surface area contributed by atoms with Gasteiger partial charge in [-0.3, -0.25) is 9.59 Å². The number of amides is 2. The summed E-state index contributed by atoms with van der Waals surface area (Å²) in [5, 5.41) is 6.12. The number of carbonyl (C=O) groups is 2. The van der Waals surface area contributed by atoms with Crippen LogP contribution in [0, 0.1) is 5.92 Å². The first kappa shape index (κ1) is 24.3. The van der Waals surface area contributed by atoms with E-state index < -0.39 is 0 Å². The van der Waals surface area contributed by atoms with Gasteiger partial charge in [0.1, 0.15) is 0 Å². The average molecular weight is 474 g/mol. The Morgan fingerprint density at radius 1 is 1.14 bits per heavy atom. The van der Waals surface area contributed by atoms with Crippen molar-refractivity contribution in [3.8, 4) is 11.3 Å². The second kappa shape index (κ2) is 11.1. The maximum atomic E-state index is 12.6. The molecule has 2 heterocycles. The Morgan fingerprint density at radius 2 is 1.91 bits per heavy atom. The molecule has 3 aromatic rings. The molecule has 2 amide bonds. The van der Waals surface area contributed by atoms with Gasteiger partial charge in [-0.15, -0.1) is 0 Å². The van der Waals surface area contributed by atoms with Crippen molar-refractivity contribution in [3.05, 3.63) is 65.9 Å². The normalized spacial score (nSPS) is 12.7. The number of carbonyl (C=O) groups excluding carboxylic acids is 2. The second-order valence-corrected chi connectivity index (χ2v) is 8.99. The lowest BCUT2D eigenvalue weighted by Gasteiger charge is -2.16. The zero-order valence-electron chi connectivity index (χ0n) is 20.4. The van der Waals surface area contributed by atoms with Crippen LogP contribution in [-0.2, 0) is 16.0 Å². The van der Waals surface area contributed by atoms with Gasteiger partial charge in [0.25, 0.3) is 5.91 Å². The summed E-state index contributed by atoms with van der Waals surface area (Å²) >= 11 is 0. The van der Waals surface area contributed by atoms with Gasteiger partial charge in [-0.25, -0.2) is 9.97 Å². The Hall–Kier alpha value is -3.78. The van der Waals surface area contributed by atoms with Crippen LogP contribution in [0.4, 0.5) is 17.3 Å². The number of ether oxygens (including phenoxy) is 1. The summed E-state index contributed by atoms with van der Waals surface area (Å²) in [5.74, 6) is 0.813. The predicted molar refractivity (Wildman–Crippen MR) is 137 cm³/mol. The molecule has 182 valence electrons. The van der Waals surface area contributed by atoms with E-state index in [4.69, 9.17) is 9.72 Å². The number of rotatable bonds is 9. The molecule has 0 aliphatic carbocycles. The SMILES string of the molecule is CC(C)COCCCNC(=O)c1ccc(Nc2ncc3c(n2)-c2ccccc2N(C)C(=O)C3)cc1.